The van der Waals surface area contributed by atoms with Crippen LogP contribution in [0.5, 0.6) is 0 Å². The Morgan fingerprint density at radius 2 is 1.80 bits per heavy atom. The molecule has 0 amide bonds. The molecule has 1 saturated heterocycles. The fourth-order valence-electron chi connectivity index (χ4n) is 2.20. The molecule has 1 atom stereocenters. The quantitative estimate of drug-likeness (QED) is 0.916. The zero-order valence-corrected chi connectivity index (χ0v) is 13.0. The first-order valence-corrected chi connectivity index (χ1v) is 6.32. The minimum atomic E-state index is 0. The van der Waals surface area contributed by atoms with Gasteiger partial charge in [-0.2, -0.15) is 5.26 Å². The van der Waals surface area contributed by atoms with Gasteiger partial charge in [0.05, 0.1) is 24.8 Å². The number of halogens is 2. The van der Waals surface area contributed by atoms with E-state index in [0.29, 0.717) is 5.56 Å². The van der Waals surface area contributed by atoms with Crippen LogP contribution >= 0.6 is 24.8 Å². The Morgan fingerprint density at radius 3 is 2.35 bits per heavy atom. The summed E-state index contributed by atoms with van der Waals surface area (Å²) in [6.07, 6.45) is 0.850. The summed E-state index contributed by atoms with van der Waals surface area (Å²) in [7, 11) is 0. The van der Waals surface area contributed by atoms with Crippen molar-refractivity contribution in [3.63, 3.8) is 0 Å². The van der Waals surface area contributed by atoms with Crippen LogP contribution in [0.4, 0.5) is 0 Å². The molecule has 0 bridgehead atoms. The van der Waals surface area contributed by atoms with Crippen molar-refractivity contribution < 1.29 is 4.74 Å². The van der Waals surface area contributed by atoms with Crippen molar-refractivity contribution in [1.82, 2.24) is 4.90 Å². The van der Waals surface area contributed by atoms with Gasteiger partial charge in [-0.15, -0.1) is 24.8 Å². The lowest BCUT2D eigenvalue weighted by atomic mass is 10.0. The van der Waals surface area contributed by atoms with Crippen molar-refractivity contribution in [1.29, 1.82) is 5.26 Å². The number of nitrogens with zero attached hydrogens (tertiary/aromatic N) is 2. The van der Waals surface area contributed by atoms with E-state index in [-0.39, 0.29) is 30.9 Å². The number of hydrogen-bond acceptors (Lipinski definition) is 4. The van der Waals surface area contributed by atoms with Gasteiger partial charge < -0.3 is 10.5 Å². The lowest BCUT2D eigenvalue weighted by Gasteiger charge is -2.29. The first-order valence-electron chi connectivity index (χ1n) is 6.32. The molecule has 20 heavy (non-hydrogen) atoms. The molecule has 4 nitrogen and oxygen atoms in total. The van der Waals surface area contributed by atoms with E-state index in [1.54, 1.807) is 0 Å². The molecule has 2 N–H and O–H groups in total. The van der Waals surface area contributed by atoms with E-state index in [1.807, 2.05) is 24.3 Å². The molecular weight excluding hydrogens is 297 g/mol. The van der Waals surface area contributed by atoms with E-state index in [2.05, 4.69) is 11.0 Å². The number of rotatable bonds is 4. The average Bonchev–Trinajstić information content (AvgIpc) is 2.40. The maximum absolute atomic E-state index is 8.73. The Hall–Kier alpha value is -0.830. The molecule has 1 aromatic rings. The largest absolute Gasteiger partial charge is 0.379 e. The molecule has 0 aromatic heterocycles. The normalized spacial score (nSPS) is 16.4. The Morgan fingerprint density at radius 1 is 1.20 bits per heavy atom. The van der Waals surface area contributed by atoms with E-state index in [1.165, 1.54) is 5.56 Å². The fraction of sp³-hybridized carbons (Fsp3) is 0.500. The van der Waals surface area contributed by atoms with Crippen molar-refractivity contribution in [2.75, 3.05) is 32.8 Å². The molecule has 1 aliphatic heterocycles. The van der Waals surface area contributed by atoms with Gasteiger partial charge in [0.15, 0.2) is 0 Å². The first kappa shape index (κ1) is 19.2. The Balaban J connectivity index is 0.00000180. The Kier molecular flexibility index (Phi) is 9.56. The molecule has 1 fully saturated rings. The predicted octanol–water partition coefficient (Wildman–Crippen LogP) is 1.60. The zero-order valence-electron chi connectivity index (χ0n) is 11.3. The molecule has 0 radical (unpaired) electrons. The molecule has 0 aliphatic carbocycles. The second kappa shape index (κ2) is 9.98. The van der Waals surface area contributed by atoms with Crippen LogP contribution in [0.1, 0.15) is 11.1 Å². The molecular formula is C14H21Cl2N3O. The van der Waals surface area contributed by atoms with Crippen LogP contribution in [0.25, 0.3) is 0 Å². The summed E-state index contributed by atoms with van der Waals surface area (Å²) in [5.74, 6) is 0. The summed E-state index contributed by atoms with van der Waals surface area (Å²) in [5.41, 5.74) is 8.04. The van der Waals surface area contributed by atoms with Crippen molar-refractivity contribution in [3.8, 4) is 6.07 Å². The van der Waals surface area contributed by atoms with Gasteiger partial charge in [0, 0.05) is 25.7 Å². The van der Waals surface area contributed by atoms with Crippen LogP contribution in [-0.4, -0.2) is 43.8 Å². The highest BCUT2D eigenvalue weighted by Crippen LogP contribution is 2.07. The fourth-order valence-corrected chi connectivity index (χ4v) is 2.20. The van der Waals surface area contributed by atoms with Gasteiger partial charge in [-0.3, -0.25) is 4.90 Å². The topological polar surface area (TPSA) is 62.3 Å². The van der Waals surface area contributed by atoms with Gasteiger partial charge in [-0.25, -0.2) is 0 Å². The number of morpholine rings is 1. The highest BCUT2D eigenvalue weighted by Gasteiger charge is 2.14. The van der Waals surface area contributed by atoms with Crippen molar-refractivity contribution in [2.24, 2.45) is 5.73 Å². The standard InChI is InChI=1S/C14H19N3O.2ClH/c15-10-13-3-1-12(2-4-13)9-14(16)11-17-5-7-18-8-6-17;;/h1-4,14H,5-9,11,16H2;2*1H/t14-;;/m1../s1. The third-order valence-corrected chi connectivity index (χ3v) is 3.18. The number of hydrogen-bond donors (Lipinski definition) is 1. The average molecular weight is 318 g/mol. The zero-order chi connectivity index (χ0) is 12.8. The maximum Gasteiger partial charge on any atom is 0.0991 e. The summed E-state index contributed by atoms with van der Waals surface area (Å²) >= 11 is 0. The highest BCUT2D eigenvalue weighted by molar-refractivity contribution is 5.85. The van der Waals surface area contributed by atoms with Gasteiger partial charge in [0.25, 0.3) is 0 Å². The lowest BCUT2D eigenvalue weighted by molar-refractivity contribution is 0.0353. The molecule has 112 valence electrons. The number of benzene rings is 1. The molecule has 0 unspecified atom stereocenters. The molecule has 0 spiro atoms. The van der Waals surface area contributed by atoms with Crippen LogP contribution < -0.4 is 5.73 Å². The minimum absolute atomic E-state index is 0. The predicted molar refractivity (Wildman–Crippen MR) is 84.6 cm³/mol. The van der Waals surface area contributed by atoms with Gasteiger partial charge in [0.2, 0.25) is 0 Å². The van der Waals surface area contributed by atoms with Crippen LogP contribution in [0, 0.1) is 11.3 Å². The minimum Gasteiger partial charge on any atom is -0.379 e. The van der Waals surface area contributed by atoms with Gasteiger partial charge in [0.1, 0.15) is 0 Å². The Labute approximate surface area is 132 Å². The van der Waals surface area contributed by atoms with Gasteiger partial charge in [-0.1, -0.05) is 12.1 Å². The summed E-state index contributed by atoms with van der Waals surface area (Å²) in [5, 5.41) is 8.73. The van der Waals surface area contributed by atoms with Crippen molar-refractivity contribution in [3.05, 3.63) is 35.4 Å². The second-order valence-corrected chi connectivity index (χ2v) is 4.69. The summed E-state index contributed by atoms with van der Waals surface area (Å²) in [4.78, 5) is 2.35. The third-order valence-electron chi connectivity index (χ3n) is 3.18. The number of ether oxygens (including phenoxy) is 1. The molecule has 1 heterocycles. The van der Waals surface area contributed by atoms with Crippen LogP contribution in [0.15, 0.2) is 24.3 Å². The van der Waals surface area contributed by atoms with Crippen LogP contribution in [0.2, 0.25) is 0 Å². The first-order chi connectivity index (χ1) is 8.78. The second-order valence-electron chi connectivity index (χ2n) is 4.69. The smallest absolute Gasteiger partial charge is 0.0991 e. The van der Waals surface area contributed by atoms with E-state index < -0.39 is 0 Å². The molecule has 6 heteroatoms. The molecule has 1 aliphatic rings. The van der Waals surface area contributed by atoms with E-state index in [9.17, 15) is 0 Å². The van der Waals surface area contributed by atoms with Gasteiger partial charge in [-0.05, 0) is 24.1 Å². The number of nitriles is 1. The Bertz CT molecular complexity index is 413. The van der Waals surface area contributed by atoms with Crippen LogP contribution in [0.3, 0.4) is 0 Å². The molecule has 1 aromatic carbocycles. The lowest BCUT2D eigenvalue weighted by Crippen LogP contribution is -2.44. The van der Waals surface area contributed by atoms with E-state index in [4.69, 9.17) is 15.7 Å². The van der Waals surface area contributed by atoms with Crippen molar-refractivity contribution >= 4 is 24.8 Å². The highest BCUT2D eigenvalue weighted by atomic mass is 35.5. The van der Waals surface area contributed by atoms with Crippen molar-refractivity contribution in [2.45, 2.75) is 12.5 Å². The van der Waals surface area contributed by atoms with Crippen LogP contribution in [-0.2, 0) is 11.2 Å². The van der Waals surface area contributed by atoms with E-state index >= 15 is 0 Å². The third kappa shape index (κ3) is 6.08. The molecule has 0 saturated carbocycles. The van der Waals surface area contributed by atoms with Gasteiger partial charge >= 0.3 is 0 Å². The summed E-state index contributed by atoms with van der Waals surface area (Å²) in [6.45, 7) is 4.47. The monoisotopic (exact) mass is 317 g/mol. The summed E-state index contributed by atoms with van der Waals surface area (Å²) in [6, 6.07) is 9.91. The maximum atomic E-state index is 8.73. The SMILES string of the molecule is Cl.Cl.N#Cc1ccc(C[C@@H](N)CN2CCOCC2)cc1. The summed E-state index contributed by atoms with van der Waals surface area (Å²) < 4.78 is 5.31. The number of nitrogens with two attached hydrogens (primary N) is 1. The molecule has 2 rings (SSSR count). The van der Waals surface area contributed by atoms with E-state index in [0.717, 1.165) is 39.3 Å².